The van der Waals surface area contributed by atoms with Gasteiger partial charge in [-0.2, -0.15) is 0 Å². The smallest absolute Gasteiger partial charge is 0.254 e. The van der Waals surface area contributed by atoms with Crippen LogP contribution in [0.15, 0.2) is 84.3 Å². The standard InChI is InChI=1S/C27H25NO4/c1-19(2)31-26-24(32-21-13-5-4-6-14-21)25(29)27(26,30)17-10-18-28(3)23-16-9-12-20-11-7-8-15-22(20)23/h4-9,11-16,19,30H,18H2,1-3H3. The van der Waals surface area contributed by atoms with Crippen LogP contribution in [0.25, 0.3) is 10.8 Å². The SMILES string of the molecule is CC(C)OC1=C(Oc2ccccc2)C(=O)C1(O)C#CCN(C)c1cccc2ccccc12. The quantitative estimate of drug-likeness (QED) is 0.594. The Hall–Kier alpha value is -3.75. The van der Waals surface area contributed by atoms with Crippen LogP contribution >= 0.6 is 0 Å². The molecule has 1 unspecified atom stereocenters. The molecule has 0 aromatic heterocycles. The first-order valence-electron chi connectivity index (χ1n) is 10.5. The van der Waals surface area contributed by atoms with E-state index in [0.717, 1.165) is 16.5 Å². The summed E-state index contributed by atoms with van der Waals surface area (Å²) in [7, 11) is 1.93. The average Bonchev–Trinajstić information content (AvgIpc) is 2.81. The van der Waals surface area contributed by atoms with Gasteiger partial charge in [-0.05, 0) is 43.4 Å². The molecule has 1 aliphatic carbocycles. The van der Waals surface area contributed by atoms with Crippen molar-refractivity contribution in [3.8, 4) is 17.6 Å². The lowest BCUT2D eigenvalue weighted by Gasteiger charge is -2.35. The lowest BCUT2D eigenvalue weighted by Crippen LogP contribution is -2.53. The number of carbonyl (C=O) groups excluding carboxylic acids is 1. The zero-order valence-corrected chi connectivity index (χ0v) is 18.3. The van der Waals surface area contributed by atoms with E-state index in [0.29, 0.717) is 12.3 Å². The van der Waals surface area contributed by atoms with Gasteiger partial charge in [0.1, 0.15) is 5.75 Å². The van der Waals surface area contributed by atoms with E-state index >= 15 is 0 Å². The van der Waals surface area contributed by atoms with Crippen LogP contribution in [0.2, 0.25) is 0 Å². The molecule has 0 saturated heterocycles. The minimum absolute atomic E-state index is 0.0101. The summed E-state index contributed by atoms with van der Waals surface area (Å²) in [6, 6.07) is 23.1. The van der Waals surface area contributed by atoms with Crippen molar-refractivity contribution in [2.24, 2.45) is 0 Å². The number of Topliss-reactive ketones (excluding diaryl/α,β-unsaturated/α-hetero) is 1. The second kappa shape index (κ2) is 8.78. The Morgan fingerprint density at radius 3 is 2.44 bits per heavy atom. The number of hydrogen-bond donors (Lipinski definition) is 1. The molecule has 3 aromatic carbocycles. The number of para-hydroxylation sites is 1. The van der Waals surface area contributed by atoms with Crippen LogP contribution in [0.1, 0.15) is 13.8 Å². The van der Waals surface area contributed by atoms with Gasteiger partial charge in [-0.25, -0.2) is 0 Å². The number of ketones is 1. The molecule has 0 heterocycles. The van der Waals surface area contributed by atoms with Crippen molar-refractivity contribution < 1.29 is 19.4 Å². The highest BCUT2D eigenvalue weighted by Crippen LogP contribution is 2.38. The first kappa shape index (κ1) is 21.5. The monoisotopic (exact) mass is 427 g/mol. The molecule has 4 rings (SSSR count). The zero-order chi connectivity index (χ0) is 22.7. The highest BCUT2D eigenvalue weighted by molar-refractivity contribution is 6.13. The van der Waals surface area contributed by atoms with Gasteiger partial charge in [0.25, 0.3) is 11.4 Å². The van der Waals surface area contributed by atoms with Crippen LogP contribution in [0.5, 0.6) is 5.75 Å². The lowest BCUT2D eigenvalue weighted by molar-refractivity contribution is -0.139. The van der Waals surface area contributed by atoms with Gasteiger partial charge >= 0.3 is 0 Å². The first-order chi connectivity index (χ1) is 15.4. The van der Waals surface area contributed by atoms with Crippen LogP contribution in [0.4, 0.5) is 5.69 Å². The number of benzene rings is 3. The number of rotatable bonds is 6. The van der Waals surface area contributed by atoms with Gasteiger partial charge in [-0.3, -0.25) is 4.79 Å². The van der Waals surface area contributed by atoms with Gasteiger partial charge < -0.3 is 19.5 Å². The van der Waals surface area contributed by atoms with Gasteiger partial charge in [-0.15, -0.1) is 0 Å². The third-order valence-corrected chi connectivity index (χ3v) is 5.15. The summed E-state index contributed by atoms with van der Waals surface area (Å²) < 4.78 is 11.4. The second-order valence-electron chi connectivity index (χ2n) is 7.94. The molecule has 5 heteroatoms. The van der Waals surface area contributed by atoms with Crippen molar-refractivity contribution >= 4 is 22.2 Å². The number of aliphatic hydroxyl groups is 1. The molecule has 1 N–H and O–H groups in total. The molecular formula is C27H25NO4. The number of carbonyl (C=O) groups is 1. The van der Waals surface area contributed by atoms with Crippen LogP contribution in [-0.4, -0.2) is 36.2 Å². The largest absolute Gasteiger partial charge is 0.487 e. The highest BCUT2D eigenvalue weighted by atomic mass is 16.5. The number of ether oxygens (including phenoxy) is 2. The minimum Gasteiger partial charge on any atom is -0.487 e. The van der Waals surface area contributed by atoms with E-state index < -0.39 is 11.4 Å². The molecule has 5 nitrogen and oxygen atoms in total. The maximum Gasteiger partial charge on any atom is 0.254 e. The average molecular weight is 428 g/mol. The van der Waals surface area contributed by atoms with Gasteiger partial charge in [0.15, 0.2) is 5.76 Å². The van der Waals surface area contributed by atoms with Gasteiger partial charge in [0, 0.05) is 18.1 Å². The minimum atomic E-state index is -2.01. The molecule has 0 bridgehead atoms. The van der Waals surface area contributed by atoms with Crippen molar-refractivity contribution in [2.45, 2.75) is 25.6 Å². The molecule has 0 spiro atoms. The first-order valence-corrected chi connectivity index (χ1v) is 10.5. The zero-order valence-electron chi connectivity index (χ0n) is 18.3. The van der Waals surface area contributed by atoms with Crippen molar-refractivity contribution in [2.75, 3.05) is 18.5 Å². The number of fused-ring (bicyclic) bond motifs is 1. The molecule has 0 fully saturated rings. The third kappa shape index (κ3) is 4.05. The third-order valence-electron chi connectivity index (χ3n) is 5.15. The molecule has 32 heavy (non-hydrogen) atoms. The summed E-state index contributed by atoms with van der Waals surface area (Å²) in [6.45, 7) is 3.96. The number of nitrogens with zero attached hydrogens (tertiary/aromatic N) is 1. The molecule has 0 aliphatic heterocycles. The summed E-state index contributed by atoms with van der Waals surface area (Å²) in [6.07, 6.45) is -0.251. The summed E-state index contributed by atoms with van der Waals surface area (Å²) in [4.78, 5) is 14.8. The van der Waals surface area contributed by atoms with Crippen molar-refractivity contribution in [3.63, 3.8) is 0 Å². The number of hydrogen-bond acceptors (Lipinski definition) is 5. The normalized spacial score (nSPS) is 17.6. The van der Waals surface area contributed by atoms with Gasteiger partial charge in [0.05, 0.1) is 12.6 Å². The predicted molar refractivity (Wildman–Crippen MR) is 125 cm³/mol. The van der Waals surface area contributed by atoms with E-state index in [1.807, 2.05) is 56.1 Å². The Labute approximate surface area is 187 Å². The Balaban J connectivity index is 1.57. The predicted octanol–water partition coefficient (Wildman–Crippen LogP) is 4.31. The van der Waals surface area contributed by atoms with Crippen LogP contribution in [-0.2, 0) is 9.53 Å². The molecule has 1 atom stereocenters. The summed E-state index contributed by atoms with van der Waals surface area (Å²) in [5.41, 5.74) is -0.986. The molecule has 0 radical (unpaired) electrons. The van der Waals surface area contributed by atoms with E-state index in [9.17, 15) is 9.90 Å². The van der Waals surface area contributed by atoms with Gasteiger partial charge in [-0.1, -0.05) is 60.5 Å². The maximum absolute atomic E-state index is 12.8. The number of anilines is 1. The van der Waals surface area contributed by atoms with Crippen LogP contribution < -0.4 is 9.64 Å². The van der Waals surface area contributed by atoms with E-state index in [1.54, 1.807) is 24.3 Å². The fourth-order valence-corrected chi connectivity index (χ4v) is 3.57. The van der Waals surface area contributed by atoms with Crippen LogP contribution in [0.3, 0.4) is 0 Å². The van der Waals surface area contributed by atoms with E-state index in [2.05, 4.69) is 30.0 Å². The van der Waals surface area contributed by atoms with Crippen molar-refractivity contribution in [1.29, 1.82) is 0 Å². The molecule has 0 amide bonds. The van der Waals surface area contributed by atoms with E-state index in [1.165, 1.54) is 0 Å². The fraction of sp³-hybridized carbons (Fsp3) is 0.222. The van der Waals surface area contributed by atoms with Crippen molar-refractivity contribution in [1.82, 2.24) is 0 Å². The maximum atomic E-state index is 12.8. The molecular weight excluding hydrogens is 402 g/mol. The van der Waals surface area contributed by atoms with E-state index in [-0.39, 0.29) is 17.6 Å². The lowest BCUT2D eigenvalue weighted by atomic mass is 9.83. The van der Waals surface area contributed by atoms with Gasteiger partial charge in [0.2, 0.25) is 5.76 Å². The molecule has 3 aromatic rings. The Kier molecular flexibility index (Phi) is 5.89. The second-order valence-corrected chi connectivity index (χ2v) is 7.94. The summed E-state index contributed by atoms with van der Waals surface area (Å²) in [5.74, 6) is 5.60. The van der Waals surface area contributed by atoms with Crippen molar-refractivity contribution in [3.05, 3.63) is 84.3 Å². The highest BCUT2D eigenvalue weighted by Gasteiger charge is 2.56. The molecule has 1 aliphatic rings. The fourth-order valence-electron chi connectivity index (χ4n) is 3.57. The van der Waals surface area contributed by atoms with E-state index in [4.69, 9.17) is 9.47 Å². The molecule has 162 valence electrons. The molecule has 0 saturated carbocycles. The Morgan fingerprint density at radius 1 is 1.00 bits per heavy atom. The summed E-state index contributed by atoms with van der Waals surface area (Å²) >= 11 is 0. The topological polar surface area (TPSA) is 59.0 Å². The Bertz CT molecular complexity index is 1230. The summed E-state index contributed by atoms with van der Waals surface area (Å²) in [5, 5.41) is 13.2. The Morgan fingerprint density at radius 2 is 1.69 bits per heavy atom. The van der Waals surface area contributed by atoms with Crippen LogP contribution in [0, 0.1) is 11.8 Å².